The quantitative estimate of drug-likeness (QED) is 0.701. The Morgan fingerprint density at radius 2 is 2.00 bits per heavy atom. The lowest BCUT2D eigenvalue weighted by atomic mass is 10.2. The van der Waals surface area contributed by atoms with Crippen molar-refractivity contribution in [3.05, 3.63) is 11.6 Å². The summed E-state index contributed by atoms with van der Waals surface area (Å²) in [4.78, 5) is 6.25. The van der Waals surface area contributed by atoms with Crippen LogP contribution in [0.15, 0.2) is 6.07 Å². The first-order valence-corrected chi connectivity index (χ1v) is 4.93. The number of hydrogen-bond donors (Lipinski definition) is 2. The Labute approximate surface area is 88.3 Å². The first-order valence-electron chi connectivity index (χ1n) is 4.93. The van der Waals surface area contributed by atoms with Gasteiger partial charge in [0.15, 0.2) is 5.82 Å². The lowest BCUT2D eigenvalue weighted by Crippen LogP contribution is -2.21. The Balaban J connectivity index is 2.48. The van der Waals surface area contributed by atoms with Crippen LogP contribution in [0.1, 0.15) is 18.4 Å². The van der Waals surface area contributed by atoms with Gasteiger partial charge >= 0.3 is 0 Å². The average molecular weight is 203 g/mol. The molecule has 2 rings (SSSR count). The summed E-state index contributed by atoms with van der Waals surface area (Å²) >= 11 is 0. The Kier molecular flexibility index (Phi) is 2.34. The van der Waals surface area contributed by atoms with E-state index in [2.05, 4.69) is 16.0 Å². The third-order valence-corrected chi connectivity index (χ3v) is 2.57. The summed E-state index contributed by atoms with van der Waals surface area (Å²) in [5, 5.41) is 9.01. The molecule has 1 fully saturated rings. The van der Waals surface area contributed by atoms with Crippen molar-refractivity contribution in [2.75, 3.05) is 29.5 Å². The van der Waals surface area contributed by atoms with Crippen molar-refractivity contribution in [1.82, 2.24) is 4.98 Å². The summed E-state index contributed by atoms with van der Waals surface area (Å²) in [5.74, 6) is 1.00. The predicted octanol–water partition coefficient (Wildman–Crippen LogP) is 0.718. The number of nitrogens with two attached hydrogens (primary N) is 2. The number of aromatic nitrogens is 1. The first-order chi connectivity index (χ1) is 7.22. The molecule has 0 radical (unpaired) electrons. The minimum atomic E-state index is 0.369. The predicted molar refractivity (Wildman–Crippen MR) is 59.2 cm³/mol. The van der Waals surface area contributed by atoms with Crippen LogP contribution in [-0.2, 0) is 0 Å². The highest BCUT2D eigenvalue weighted by Crippen LogP contribution is 2.27. The van der Waals surface area contributed by atoms with Crippen LogP contribution < -0.4 is 16.4 Å². The van der Waals surface area contributed by atoms with E-state index in [0.29, 0.717) is 22.9 Å². The van der Waals surface area contributed by atoms with E-state index >= 15 is 0 Å². The average Bonchev–Trinajstić information content (AvgIpc) is 2.69. The molecule has 0 aromatic carbocycles. The topological polar surface area (TPSA) is 92.0 Å². The van der Waals surface area contributed by atoms with Gasteiger partial charge in [0.05, 0.1) is 5.69 Å². The smallest absolute Gasteiger partial charge is 0.151 e. The van der Waals surface area contributed by atoms with Crippen molar-refractivity contribution < 1.29 is 0 Å². The molecule has 1 saturated heterocycles. The van der Waals surface area contributed by atoms with Gasteiger partial charge in [0, 0.05) is 19.2 Å². The molecule has 1 aromatic rings. The minimum absolute atomic E-state index is 0.369. The van der Waals surface area contributed by atoms with Gasteiger partial charge in [-0.3, -0.25) is 0 Å². The van der Waals surface area contributed by atoms with Crippen LogP contribution >= 0.6 is 0 Å². The van der Waals surface area contributed by atoms with Gasteiger partial charge in [-0.15, -0.1) is 0 Å². The number of pyridine rings is 1. The Hall–Kier alpha value is -1.96. The normalized spacial score (nSPS) is 15.3. The molecule has 15 heavy (non-hydrogen) atoms. The summed E-state index contributed by atoms with van der Waals surface area (Å²) in [6, 6.07) is 3.61. The highest BCUT2D eigenvalue weighted by molar-refractivity contribution is 5.70. The Morgan fingerprint density at radius 1 is 1.33 bits per heavy atom. The number of rotatable bonds is 1. The molecule has 0 amide bonds. The molecule has 0 saturated carbocycles. The maximum absolute atomic E-state index is 9.01. The maximum atomic E-state index is 9.01. The summed E-state index contributed by atoms with van der Waals surface area (Å²) in [7, 11) is 0. The number of anilines is 3. The van der Waals surface area contributed by atoms with Crippen LogP contribution in [0.5, 0.6) is 0 Å². The van der Waals surface area contributed by atoms with Crippen LogP contribution in [0.4, 0.5) is 17.3 Å². The molecule has 4 N–H and O–H groups in total. The van der Waals surface area contributed by atoms with Gasteiger partial charge in [0.25, 0.3) is 0 Å². The molecule has 1 aromatic heterocycles. The highest BCUT2D eigenvalue weighted by atomic mass is 15.2. The molecule has 0 spiro atoms. The summed E-state index contributed by atoms with van der Waals surface area (Å²) in [6.45, 7) is 1.84. The molecule has 1 aliphatic rings. The summed E-state index contributed by atoms with van der Waals surface area (Å²) in [5.41, 5.74) is 12.2. The third kappa shape index (κ3) is 1.66. The van der Waals surface area contributed by atoms with Crippen molar-refractivity contribution >= 4 is 17.3 Å². The second-order valence-electron chi connectivity index (χ2n) is 3.64. The summed E-state index contributed by atoms with van der Waals surface area (Å²) < 4.78 is 0. The molecule has 0 bridgehead atoms. The zero-order valence-electron chi connectivity index (χ0n) is 8.40. The van der Waals surface area contributed by atoms with Gasteiger partial charge in [-0.1, -0.05) is 0 Å². The third-order valence-electron chi connectivity index (χ3n) is 2.57. The number of nitrogen functional groups attached to an aromatic ring is 2. The zero-order chi connectivity index (χ0) is 10.8. The van der Waals surface area contributed by atoms with Gasteiger partial charge in [-0.25, -0.2) is 4.98 Å². The van der Waals surface area contributed by atoms with E-state index in [-0.39, 0.29) is 0 Å². The van der Waals surface area contributed by atoms with E-state index in [4.69, 9.17) is 16.7 Å². The van der Waals surface area contributed by atoms with Crippen molar-refractivity contribution in [2.24, 2.45) is 0 Å². The molecule has 0 unspecified atom stereocenters. The molecule has 78 valence electrons. The van der Waals surface area contributed by atoms with E-state index in [9.17, 15) is 0 Å². The van der Waals surface area contributed by atoms with Crippen LogP contribution in [0.25, 0.3) is 0 Å². The Bertz CT molecular complexity index is 415. The van der Waals surface area contributed by atoms with E-state index in [0.717, 1.165) is 25.9 Å². The van der Waals surface area contributed by atoms with Crippen molar-refractivity contribution in [1.29, 1.82) is 5.26 Å². The van der Waals surface area contributed by atoms with Crippen LogP contribution in [0.2, 0.25) is 0 Å². The highest BCUT2D eigenvalue weighted by Gasteiger charge is 2.19. The van der Waals surface area contributed by atoms with Gasteiger partial charge in [0.1, 0.15) is 17.5 Å². The second-order valence-corrected chi connectivity index (χ2v) is 3.64. The summed E-state index contributed by atoms with van der Waals surface area (Å²) in [6.07, 6.45) is 2.25. The standard InChI is InChI=1S/C10H13N5/c11-6-7-8(12)5-9(13)14-10(7)15-3-1-2-4-15/h5H,1-4H2,(H4,12,13,14). The van der Waals surface area contributed by atoms with E-state index in [1.165, 1.54) is 6.07 Å². The Morgan fingerprint density at radius 3 is 2.60 bits per heavy atom. The largest absolute Gasteiger partial charge is 0.397 e. The molecular weight excluding hydrogens is 190 g/mol. The maximum Gasteiger partial charge on any atom is 0.151 e. The fourth-order valence-corrected chi connectivity index (χ4v) is 1.84. The monoisotopic (exact) mass is 203 g/mol. The van der Waals surface area contributed by atoms with Gasteiger partial charge < -0.3 is 16.4 Å². The van der Waals surface area contributed by atoms with Gasteiger partial charge in [-0.2, -0.15) is 5.26 Å². The fourth-order valence-electron chi connectivity index (χ4n) is 1.84. The minimum Gasteiger partial charge on any atom is -0.397 e. The van der Waals surface area contributed by atoms with Crippen molar-refractivity contribution in [2.45, 2.75) is 12.8 Å². The molecule has 1 aliphatic heterocycles. The lowest BCUT2D eigenvalue weighted by Gasteiger charge is -2.18. The molecule has 0 atom stereocenters. The van der Waals surface area contributed by atoms with E-state index in [1.54, 1.807) is 0 Å². The van der Waals surface area contributed by atoms with Gasteiger partial charge in [0.2, 0.25) is 0 Å². The van der Waals surface area contributed by atoms with Crippen molar-refractivity contribution in [3.8, 4) is 6.07 Å². The van der Waals surface area contributed by atoms with Crippen LogP contribution in [-0.4, -0.2) is 18.1 Å². The van der Waals surface area contributed by atoms with Crippen molar-refractivity contribution in [3.63, 3.8) is 0 Å². The molecule has 0 aliphatic carbocycles. The molecular formula is C10H13N5. The zero-order valence-corrected chi connectivity index (χ0v) is 8.40. The van der Waals surface area contributed by atoms with E-state index < -0.39 is 0 Å². The van der Waals surface area contributed by atoms with Crippen LogP contribution in [0.3, 0.4) is 0 Å². The molecule has 5 heteroatoms. The molecule has 5 nitrogen and oxygen atoms in total. The molecule has 2 heterocycles. The SMILES string of the molecule is N#Cc1c(N)cc(N)nc1N1CCCC1. The second kappa shape index (κ2) is 3.65. The van der Waals surface area contributed by atoms with Crippen LogP contribution in [0, 0.1) is 11.3 Å². The number of nitrogens with zero attached hydrogens (tertiary/aromatic N) is 3. The van der Waals surface area contributed by atoms with Gasteiger partial charge in [-0.05, 0) is 12.8 Å². The van der Waals surface area contributed by atoms with E-state index in [1.807, 2.05) is 0 Å². The number of nitriles is 1. The lowest BCUT2D eigenvalue weighted by molar-refractivity contribution is 0.936. The number of hydrogen-bond acceptors (Lipinski definition) is 5. The first kappa shape index (κ1) is 9.59. The fraction of sp³-hybridized carbons (Fsp3) is 0.400.